The number of rotatable bonds is 1. The Balaban J connectivity index is 1.80. The molecular formula is C14H17NO4. The Morgan fingerprint density at radius 3 is 2.58 bits per heavy atom. The molecule has 1 saturated heterocycles. The fourth-order valence-electron chi connectivity index (χ4n) is 2.56. The Morgan fingerprint density at radius 2 is 1.84 bits per heavy atom. The molecule has 19 heavy (non-hydrogen) atoms. The first-order valence-corrected chi connectivity index (χ1v) is 6.48. The average molecular weight is 263 g/mol. The van der Waals surface area contributed by atoms with Crippen molar-refractivity contribution in [3.63, 3.8) is 0 Å². The van der Waals surface area contributed by atoms with Crippen molar-refractivity contribution in [3.8, 4) is 11.5 Å². The van der Waals surface area contributed by atoms with Crippen LogP contribution >= 0.6 is 0 Å². The Labute approximate surface area is 112 Å². The molecule has 2 atom stereocenters. The molecular weight excluding hydrogens is 246 g/mol. The first kappa shape index (κ1) is 12.3. The lowest BCUT2D eigenvalue weighted by molar-refractivity contribution is -0.0586. The fourth-order valence-corrected chi connectivity index (χ4v) is 2.56. The van der Waals surface area contributed by atoms with Gasteiger partial charge in [0.2, 0.25) is 6.79 Å². The van der Waals surface area contributed by atoms with Crippen molar-refractivity contribution in [1.29, 1.82) is 0 Å². The maximum atomic E-state index is 12.5. The number of fused-ring (bicyclic) bond motifs is 1. The standard InChI is InChI=1S/C14H17NO4/c1-9-6-15(7-10(2)19-9)14(16)11-3-4-12-13(5-11)18-8-17-12/h3-5,9-10H,6-8H2,1-2H3/t9-,10+. The minimum absolute atomic E-state index is 0.0142. The Hall–Kier alpha value is -1.75. The Bertz CT molecular complexity index is 492. The third-order valence-corrected chi connectivity index (χ3v) is 3.33. The zero-order valence-electron chi connectivity index (χ0n) is 11.1. The molecule has 1 amide bonds. The quantitative estimate of drug-likeness (QED) is 0.773. The third-order valence-electron chi connectivity index (χ3n) is 3.33. The van der Waals surface area contributed by atoms with Crippen LogP contribution in [0.2, 0.25) is 0 Å². The smallest absolute Gasteiger partial charge is 0.254 e. The van der Waals surface area contributed by atoms with Crippen LogP contribution in [0.3, 0.4) is 0 Å². The molecule has 0 aromatic heterocycles. The number of carbonyl (C=O) groups excluding carboxylic acids is 1. The monoisotopic (exact) mass is 263 g/mol. The van der Waals surface area contributed by atoms with Gasteiger partial charge in [0.25, 0.3) is 5.91 Å². The molecule has 2 aliphatic heterocycles. The van der Waals surface area contributed by atoms with Gasteiger partial charge < -0.3 is 19.1 Å². The number of nitrogens with zero attached hydrogens (tertiary/aromatic N) is 1. The highest BCUT2D eigenvalue weighted by molar-refractivity contribution is 5.95. The number of hydrogen-bond donors (Lipinski definition) is 0. The van der Waals surface area contributed by atoms with Crippen LogP contribution in [0.15, 0.2) is 18.2 Å². The maximum Gasteiger partial charge on any atom is 0.254 e. The second-order valence-electron chi connectivity index (χ2n) is 5.04. The minimum Gasteiger partial charge on any atom is -0.454 e. The van der Waals surface area contributed by atoms with Gasteiger partial charge in [-0.2, -0.15) is 0 Å². The average Bonchev–Trinajstić information content (AvgIpc) is 2.83. The summed E-state index contributed by atoms with van der Waals surface area (Å²) in [4.78, 5) is 14.3. The van der Waals surface area contributed by atoms with E-state index in [9.17, 15) is 4.79 Å². The van der Waals surface area contributed by atoms with Crippen LogP contribution in [0.1, 0.15) is 24.2 Å². The largest absolute Gasteiger partial charge is 0.454 e. The van der Waals surface area contributed by atoms with E-state index in [1.165, 1.54) is 0 Å². The van der Waals surface area contributed by atoms with E-state index in [1.807, 2.05) is 18.7 Å². The Kier molecular flexibility index (Phi) is 3.06. The first-order chi connectivity index (χ1) is 9.13. The minimum atomic E-state index is 0.0142. The highest BCUT2D eigenvalue weighted by Crippen LogP contribution is 2.33. The summed E-state index contributed by atoms with van der Waals surface area (Å²) in [6.07, 6.45) is 0.142. The number of morpholine rings is 1. The zero-order chi connectivity index (χ0) is 13.4. The van der Waals surface area contributed by atoms with Crippen LogP contribution in [-0.4, -0.2) is 42.9 Å². The summed E-state index contributed by atoms with van der Waals surface area (Å²) in [6, 6.07) is 5.30. The predicted molar refractivity (Wildman–Crippen MR) is 68.5 cm³/mol. The molecule has 5 heteroatoms. The van der Waals surface area contributed by atoms with Crippen LogP contribution in [-0.2, 0) is 4.74 Å². The molecule has 0 spiro atoms. The number of hydrogen-bond acceptors (Lipinski definition) is 4. The van der Waals surface area contributed by atoms with Gasteiger partial charge in [0, 0.05) is 18.7 Å². The lowest BCUT2D eigenvalue weighted by atomic mass is 10.1. The topological polar surface area (TPSA) is 48.0 Å². The van der Waals surface area contributed by atoms with Gasteiger partial charge in [0.05, 0.1) is 12.2 Å². The lowest BCUT2D eigenvalue weighted by Crippen LogP contribution is -2.48. The summed E-state index contributed by atoms with van der Waals surface area (Å²) in [5.74, 6) is 1.35. The summed E-state index contributed by atoms with van der Waals surface area (Å²) < 4.78 is 16.2. The van der Waals surface area contributed by atoms with Crippen LogP contribution < -0.4 is 9.47 Å². The molecule has 0 saturated carbocycles. The first-order valence-electron chi connectivity index (χ1n) is 6.48. The summed E-state index contributed by atoms with van der Waals surface area (Å²) >= 11 is 0. The fraction of sp³-hybridized carbons (Fsp3) is 0.500. The van der Waals surface area contributed by atoms with Crippen LogP contribution in [0, 0.1) is 0 Å². The summed E-state index contributed by atoms with van der Waals surface area (Å²) in [5, 5.41) is 0. The van der Waals surface area contributed by atoms with Gasteiger partial charge in [-0.3, -0.25) is 4.79 Å². The molecule has 3 rings (SSSR count). The molecule has 1 aromatic carbocycles. The van der Waals surface area contributed by atoms with Crippen LogP contribution in [0.25, 0.3) is 0 Å². The Morgan fingerprint density at radius 1 is 1.16 bits per heavy atom. The van der Waals surface area contributed by atoms with Crippen molar-refractivity contribution < 1.29 is 19.0 Å². The molecule has 1 fully saturated rings. The van der Waals surface area contributed by atoms with Gasteiger partial charge in [0.1, 0.15) is 0 Å². The molecule has 0 bridgehead atoms. The van der Waals surface area contributed by atoms with E-state index in [0.29, 0.717) is 30.2 Å². The van der Waals surface area contributed by atoms with Crippen molar-refractivity contribution in [2.24, 2.45) is 0 Å². The summed E-state index contributed by atoms with van der Waals surface area (Å²) in [5.41, 5.74) is 0.630. The van der Waals surface area contributed by atoms with E-state index in [2.05, 4.69) is 0 Å². The molecule has 1 aromatic rings. The van der Waals surface area contributed by atoms with Crippen LogP contribution in [0.5, 0.6) is 11.5 Å². The lowest BCUT2D eigenvalue weighted by Gasteiger charge is -2.35. The number of benzene rings is 1. The van der Waals surface area contributed by atoms with Gasteiger partial charge in [-0.15, -0.1) is 0 Å². The van der Waals surface area contributed by atoms with Gasteiger partial charge in [-0.25, -0.2) is 0 Å². The number of amides is 1. The van der Waals surface area contributed by atoms with Gasteiger partial charge in [0.15, 0.2) is 11.5 Å². The van der Waals surface area contributed by atoms with E-state index in [0.717, 1.165) is 0 Å². The summed E-state index contributed by atoms with van der Waals surface area (Å²) in [7, 11) is 0. The maximum absolute atomic E-state index is 12.5. The number of carbonyl (C=O) groups is 1. The van der Waals surface area contributed by atoms with Crippen molar-refractivity contribution in [1.82, 2.24) is 4.90 Å². The number of ether oxygens (including phenoxy) is 3. The van der Waals surface area contributed by atoms with E-state index in [-0.39, 0.29) is 24.9 Å². The molecule has 2 aliphatic rings. The molecule has 0 radical (unpaired) electrons. The van der Waals surface area contributed by atoms with Gasteiger partial charge >= 0.3 is 0 Å². The van der Waals surface area contributed by atoms with E-state index in [1.54, 1.807) is 18.2 Å². The van der Waals surface area contributed by atoms with E-state index >= 15 is 0 Å². The molecule has 0 N–H and O–H groups in total. The molecule has 0 aliphatic carbocycles. The third kappa shape index (κ3) is 2.38. The SMILES string of the molecule is C[C@@H]1CN(C(=O)c2ccc3c(c2)OCO3)C[C@H](C)O1. The highest BCUT2D eigenvalue weighted by atomic mass is 16.7. The van der Waals surface area contributed by atoms with Gasteiger partial charge in [-0.1, -0.05) is 0 Å². The molecule has 5 nitrogen and oxygen atoms in total. The predicted octanol–water partition coefficient (Wildman–Crippen LogP) is 1.66. The zero-order valence-corrected chi connectivity index (χ0v) is 11.1. The van der Waals surface area contributed by atoms with Gasteiger partial charge in [-0.05, 0) is 32.0 Å². The molecule has 0 unspecified atom stereocenters. The highest BCUT2D eigenvalue weighted by Gasteiger charge is 2.27. The summed E-state index contributed by atoms with van der Waals surface area (Å²) in [6.45, 7) is 5.43. The van der Waals surface area contributed by atoms with Crippen molar-refractivity contribution in [2.75, 3.05) is 19.9 Å². The van der Waals surface area contributed by atoms with Crippen molar-refractivity contribution in [2.45, 2.75) is 26.1 Å². The normalized spacial score (nSPS) is 25.5. The van der Waals surface area contributed by atoms with Crippen LogP contribution in [0.4, 0.5) is 0 Å². The van der Waals surface area contributed by atoms with E-state index in [4.69, 9.17) is 14.2 Å². The second-order valence-corrected chi connectivity index (χ2v) is 5.04. The van der Waals surface area contributed by atoms with E-state index < -0.39 is 0 Å². The molecule has 102 valence electrons. The molecule has 2 heterocycles. The second kappa shape index (κ2) is 4.74. The van der Waals surface area contributed by atoms with Crippen molar-refractivity contribution >= 4 is 5.91 Å². The van der Waals surface area contributed by atoms with Crippen molar-refractivity contribution in [3.05, 3.63) is 23.8 Å².